The number of unbranched alkanes of at least 4 members (excludes halogenated alkanes) is 1. The van der Waals surface area contributed by atoms with E-state index in [0.717, 1.165) is 133 Å². The van der Waals surface area contributed by atoms with Gasteiger partial charge in [-0.3, -0.25) is 14.7 Å². The van der Waals surface area contributed by atoms with Crippen molar-refractivity contribution < 1.29 is 28.8 Å². The molecule has 4 aliphatic rings. The second kappa shape index (κ2) is 19.3. The van der Waals surface area contributed by atoms with Crippen LogP contribution in [0.4, 0.5) is 26.7 Å². The van der Waals surface area contributed by atoms with Gasteiger partial charge < -0.3 is 39.2 Å². The number of piperidine rings is 4. The van der Waals surface area contributed by atoms with E-state index in [1.54, 1.807) is 22.6 Å². The highest BCUT2D eigenvalue weighted by molar-refractivity contribution is 5.78. The Labute approximate surface area is 370 Å². The number of carbonyl (C=O) groups excluding carboxylic acids is 2. The van der Waals surface area contributed by atoms with Crippen LogP contribution in [-0.4, -0.2) is 101 Å². The molecule has 8 rings (SSSR count). The number of fused-ring (bicyclic) bond motifs is 1. The van der Waals surface area contributed by atoms with Gasteiger partial charge in [0.1, 0.15) is 5.60 Å². The lowest BCUT2D eigenvalue weighted by molar-refractivity contribution is -0.385. The van der Waals surface area contributed by atoms with E-state index in [1.165, 1.54) is 17.7 Å². The number of phenolic OH excluding ortho intramolecular Hbond substituents is 1. The van der Waals surface area contributed by atoms with E-state index in [4.69, 9.17) is 9.15 Å². The third kappa shape index (κ3) is 11.3. The van der Waals surface area contributed by atoms with E-state index >= 15 is 0 Å². The molecule has 0 atom stereocenters. The Hall–Kier alpha value is -5.73. The van der Waals surface area contributed by atoms with Crippen LogP contribution in [0.2, 0.25) is 0 Å². The minimum Gasteiger partial charge on any atom is -0.502 e. The van der Waals surface area contributed by atoms with Gasteiger partial charge in [0.25, 0.3) is 0 Å². The standard InChI is InChI=1S/C28H36N4O3.C20H29N3O5/c1-30-24-11-10-23(21-25(24)35-27(30)34)31-17-12-28(13-18-31)14-19-32(20-15-28)26(33)29-16-6-5-9-22-7-3-2-4-8-22;1-19(2,3)28-18(25)22-12-8-20(9-13-22)6-10-21(11-7-20)15-4-5-16(23(26)27)17(24)14-15/h2-4,7-8,10-11,21H,5-6,9,12-20H2,1H3,(H,29,33);4-5,14,24H,6-13H2,1-3H3. The number of ether oxygens (including phenoxy) is 1. The molecule has 0 unspecified atom stereocenters. The van der Waals surface area contributed by atoms with Crippen molar-refractivity contribution >= 4 is 40.3 Å². The molecule has 1 aromatic heterocycles. The van der Waals surface area contributed by atoms with Gasteiger partial charge in [-0.05, 0) is 126 Å². The largest absolute Gasteiger partial charge is 0.502 e. The summed E-state index contributed by atoms with van der Waals surface area (Å²) in [5.74, 6) is -0.619. The summed E-state index contributed by atoms with van der Waals surface area (Å²) < 4.78 is 12.4. The number of urea groups is 1. The van der Waals surface area contributed by atoms with Gasteiger partial charge in [0.15, 0.2) is 11.3 Å². The number of aromatic nitrogens is 1. The second-order valence-corrected chi connectivity index (χ2v) is 19.1. The molecule has 63 heavy (non-hydrogen) atoms. The summed E-state index contributed by atoms with van der Waals surface area (Å²) in [7, 11) is 1.73. The fraction of sp³-hybridized carbons (Fsp3) is 0.562. The van der Waals surface area contributed by atoms with Crippen molar-refractivity contribution in [2.45, 2.75) is 97.0 Å². The number of anilines is 2. The fourth-order valence-electron chi connectivity index (χ4n) is 9.74. The van der Waals surface area contributed by atoms with Crippen LogP contribution < -0.4 is 20.9 Å². The maximum atomic E-state index is 12.6. The van der Waals surface area contributed by atoms with E-state index in [2.05, 4.69) is 45.4 Å². The monoisotopic (exact) mass is 867 g/mol. The van der Waals surface area contributed by atoms with Crippen molar-refractivity contribution in [3.63, 3.8) is 0 Å². The molecule has 2 spiro atoms. The van der Waals surface area contributed by atoms with Gasteiger partial charge in [0.05, 0.1) is 10.4 Å². The molecular formula is C48H65N7O8. The molecular weight excluding hydrogens is 803 g/mol. The molecule has 0 saturated carbocycles. The van der Waals surface area contributed by atoms with Gasteiger partial charge in [-0.15, -0.1) is 0 Å². The first-order valence-electron chi connectivity index (χ1n) is 22.7. The molecule has 4 saturated heterocycles. The Kier molecular flexibility index (Phi) is 13.9. The third-order valence-electron chi connectivity index (χ3n) is 13.9. The highest BCUT2D eigenvalue weighted by Gasteiger charge is 2.40. The highest BCUT2D eigenvalue weighted by Crippen LogP contribution is 2.44. The SMILES string of the molecule is CC(C)(C)OC(=O)N1CCC2(CC1)CCN(c1ccc([N+](=O)[O-])c(O)c1)CC2.Cn1c(=O)oc2cc(N3CCC4(CCN(C(=O)NCCCCc5ccccc5)CC4)CC3)ccc21. The quantitative estimate of drug-likeness (QED) is 0.0997. The number of phenols is 1. The van der Waals surface area contributed by atoms with E-state index in [-0.39, 0.29) is 34.7 Å². The van der Waals surface area contributed by atoms with Crippen molar-refractivity contribution in [3.05, 3.63) is 93.0 Å². The number of rotatable bonds is 8. The number of hydrogen-bond acceptors (Lipinski definition) is 10. The summed E-state index contributed by atoms with van der Waals surface area (Å²) in [4.78, 5) is 55.3. The zero-order valence-corrected chi connectivity index (χ0v) is 37.5. The summed E-state index contributed by atoms with van der Waals surface area (Å²) in [6.07, 6.45) is 11.3. The topological polar surface area (TPSA) is 167 Å². The zero-order valence-electron chi connectivity index (χ0n) is 37.5. The minimum atomic E-state index is -0.581. The number of amides is 3. The summed E-state index contributed by atoms with van der Waals surface area (Å²) in [6, 6.07) is 21.2. The number of aryl methyl sites for hydroxylation is 2. The van der Waals surface area contributed by atoms with Crippen molar-refractivity contribution in [1.82, 2.24) is 19.7 Å². The lowest BCUT2D eigenvalue weighted by Crippen LogP contribution is -2.50. The molecule has 340 valence electrons. The Morgan fingerprint density at radius 3 is 1.87 bits per heavy atom. The molecule has 3 amide bonds. The van der Waals surface area contributed by atoms with Gasteiger partial charge in [-0.1, -0.05) is 30.3 Å². The predicted molar refractivity (Wildman–Crippen MR) is 245 cm³/mol. The second-order valence-electron chi connectivity index (χ2n) is 19.1. The van der Waals surface area contributed by atoms with Crippen LogP contribution in [0.3, 0.4) is 0 Å². The van der Waals surface area contributed by atoms with E-state index in [9.17, 15) is 29.6 Å². The Balaban J connectivity index is 0.000000194. The van der Waals surface area contributed by atoms with E-state index in [1.807, 2.05) is 43.9 Å². The van der Waals surface area contributed by atoms with Crippen molar-refractivity contribution in [2.75, 3.05) is 68.7 Å². The number of nitro groups is 1. The summed E-state index contributed by atoms with van der Waals surface area (Å²) in [5, 5.41) is 23.9. The highest BCUT2D eigenvalue weighted by atomic mass is 16.6. The first-order valence-corrected chi connectivity index (χ1v) is 22.7. The van der Waals surface area contributed by atoms with Gasteiger partial charge in [0.2, 0.25) is 0 Å². The number of carbonyl (C=O) groups is 2. The molecule has 0 aliphatic carbocycles. The molecule has 4 fully saturated rings. The van der Waals surface area contributed by atoms with Crippen LogP contribution >= 0.6 is 0 Å². The van der Waals surface area contributed by atoms with Gasteiger partial charge in [-0.25, -0.2) is 14.4 Å². The fourth-order valence-corrected chi connectivity index (χ4v) is 9.74. The van der Waals surface area contributed by atoms with Crippen molar-refractivity contribution in [1.29, 1.82) is 0 Å². The number of likely N-dealkylation sites (tertiary alicyclic amines) is 2. The molecule has 4 aromatic rings. The lowest BCUT2D eigenvalue weighted by Gasteiger charge is -2.47. The Bertz CT molecular complexity index is 2250. The average molecular weight is 868 g/mol. The zero-order chi connectivity index (χ0) is 44.8. The number of benzene rings is 3. The molecule has 2 N–H and O–H groups in total. The third-order valence-corrected chi connectivity index (χ3v) is 13.9. The van der Waals surface area contributed by atoms with Crippen LogP contribution in [0.1, 0.15) is 90.5 Å². The summed E-state index contributed by atoms with van der Waals surface area (Å²) in [5.41, 5.74) is 4.58. The molecule has 4 aliphatic heterocycles. The maximum absolute atomic E-state index is 12.6. The van der Waals surface area contributed by atoms with Crippen LogP contribution in [0.25, 0.3) is 11.1 Å². The first kappa shape index (κ1) is 45.3. The maximum Gasteiger partial charge on any atom is 0.419 e. The van der Waals surface area contributed by atoms with Crippen molar-refractivity contribution in [2.24, 2.45) is 17.9 Å². The number of aromatic hydroxyl groups is 1. The summed E-state index contributed by atoms with van der Waals surface area (Å²) >= 11 is 0. The molecule has 15 nitrogen and oxygen atoms in total. The number of nitro benzene ring substituents is 1. The Morgan fingerprint density at radius 2 is 1.32 bits per heavy atom. The van der Waals surface area contributed by atoms with Crippen LogP contribution in [-0.2, 0) is 18.2 Å². The van der Waals surface area contributed by atoms with Crippen LogP contribution in [0, 0.1) is 20.9 Å². The van der Waals surface area contributed by atoms with E-state index < -0.39 is 10.5 Å². The first-order chi connectivity index (χ1) is 30.1. The summed E-state index contributed by atoms with van der Waals surface area (Å²) in [6.45, 7) is 13.2. The van der Waals surface area contributed by atoms with Crippen LogP contribution in [0.5, 0.6) is 5.75 Å². The number of nitrogens with one attached hydrogen (secondary N) is 1. The van der Waals surface area contributed by atoms with Crippen LogP contribution in [0.15, 0.2) is 75.9 Å². The van der Waals surface area contributed by atoms with Crippen molar-refractivity contribution in [3.8, 4) is 5.75 Å². The lowest BCUT2D eigenvalue weighted by atomic mass is 9.71. The minimum absolute atomic E-state index is 0.0923. The van der Waals surface area contributed by atoms with E-state index in [0.29, 0.717) is 24.1 Å². The average Bonchev–Trinajstić information content (AvgIpc) is 3.55. The number of oxazole rings is 1. The molecule has 0 bridgehead atoms. The van der Waals surface area contributed by atoms with Gasteiger partial charge in [0, 0.05) is 95.5 Å². The van der Waals surface area contributed by atoms with Gasteiger partial charge in [-0.2, -0.15) is 0 Å². The predicted octanol–water partition coefficient (Wildman–Crippen LogP) is 8.46. The van der Waals surface area contributed by atoms with Gasteiger partial charge >= 0.3 is 23.6 Å². The smallest absolute Gasteiger partial charge is 0.419 e. The molecule has 0 radical (unpaired) electrons. The molecule has 3 aromatic carbocycles. The number of nitrogens with zero attached hydrogens (tertiary/aromatic N) is 6. The number of hydrogen-bond donors (Lipinski definition) is 2. The Morgan fingerprint density at radius 1 is 0.778 bits per heavy atom. The molecule has 5 heterocycles. The molecule has 15 heteroatoms. The normalized spacial score (nSPS) is 18.5.